The van der Waals surface area contributed by atoms with E-state index in [9.17, 15) is 9.59 Å². The van der Waals surface area contributed by atoms with Gasteiger partial charge in [-0.2, -0.15) is 4.98 Å². The van der Waals surface area contributed by atoms with Gasteiger partial charge in [0, 0.05) is 26.1 Å². The number of H-pyrrole nitrogens is 1. The molecule has 0 spiro atoms. The Morgan fingerprint density at radius 1 is 1.17 bits per heavy atom. The second-order valence-electron chi connectivity index (χ2n) is 7.27. The van der Waals surface area contributed by atoms with E-state index in [0.717, 1.165) is 19.4 Å². The number of hydrogen-bond donors (Lipinski definition) is 1. The number of aromatic amines is 1. The average molecular weight is 408 g/mol. The van der Waals surface area contributed by atoms with Gasteiger partial charge in [0.25, 0.3) is 17.1 Å². The lowest BCUT2D eigenvalue weighted by Crippen LogP contribution is -2.26. The fourth-order valence-corrected chi connectivity index (χ4v) is 3.77. The highest BCUT2D eigenvalue weighted by molar-refractivity contribution is 5.91. The summed E-state index contributed by atoms with van der Waals surface area (Å²) in [7, 11) is 1.55. The van der Waals surface area contributed by atoms with Crippen LogP contribution in [-0.2, 0) is 22.6 Å². The zero-order chi connectivity index (χ0) is 20.7. The molecule has 1 saturated heterocycles. The second kappa shape index (κ2) is 7.47. The maximum absolute atomic E-state index is 13.1. The van der Waals surface area contributed by atoms with Crippen molar-refractivity contribution in [2.75, 3.05) is 13.7 Å². The lowest BCUT2D eigenvalue weighted by molar-refractivity contribution is 0.0963. The molecule has 4 aromatic rings. The van der Waals surface area contributed by atoms with Crippen molar-refractivity contribution in [3.8, 4) is 5.95 Å². The Morgan fingerprint density at radius 2 is 1.97 bits per heavy atom. The summed E-state index contributed by atoms with van der Waals surface area (Å²) in [6.07, 6.45) is 5.29. The highest BCUT2D eigenvalue weighted by Crippen LogP contribution is 2.17. The van der Waals surface area contributed by atoms with Gasteiger partial charge >= 0.3 is 0 Å². The van der Waals surface area contributed by atoms with Crippen LogP contribution in [0.1, 0.15) is 18.7 Å². The fraction of sp³-hybridized carbons (Fsp3) is 0.350. The number of pyridine rings is 3. The fourth-order valence-electron chi connectivity index (χ4n) is 3.77. The summed E-state index contributed by atoms with van der Waals surface area (Å²) in [6, 6.07) is 5.11. The van der Waals surface area contributed by atoms with E-state index in [1.165, 1.54) is 4.57 Å². The number of hydrogen-bond acceptors (Lipinski definition) is 7. The molecule has 0 saturated carbocycles. The number of ether oxygens (including phenoxy) is 2. The number of nitrogens with one attached hydrogen (secondary N) is 1. The van der Waals surface area contributed by atoms with E-state index in [-0.39, 0.29) is 29.8 Å². The molecule has 1 fully saturated rings. The minimum atomic E-state index is -0.348. The molecule has 4 aromatic heterocycles. The summed E-state index contributed by atoms with van der Waals surface area (Å²) in [4.78, 5) is 34.9. The molecule has 10 nitrogen and oxygen atoms in total. The third kappa shape index (κ3) is 3.19. The predicted molar refractivity (Wildman–Crippen MR) is 109 cm³/mol. The summed E-state index contributed by atoms with van der Waals surface area (Å²) in [5.74, 6) is 0.714. The minimum Gasteiger partial charge on any atom is -0.377 e. The molecule has 0 aliphatic carbocycles. The topological polar surface area (TPSA) is 117 Å². The van der Waals surface area contributed by atoms with Gasteiger partial charge in [-0.05, 0) is 31.0 Å². The zero-order valence-corrected chi connectivity index (χ0v) is 16.4. The van der Waals surface area contributed by atoms with Crippen LogP contribution in [0.4, 0.5) is 0 Å². The predicted octanol–water partition coefficient (Wildman–Crippen LogP) is 1.14. The van der Waals surface area contributed by atoms with Crippen molar-refractivity contribution in [2.24, 2.45) is 0 Å². The molecule has 30 heavy (non-hydrogen) atoms. The summed E-state index contributed by atoms with van der Waals surface area (Å²) in [5, 5.41) is 7.53. The minimum absolute atomic E-state index is 0.0397. The third-order valence-electron chi connectivity index (χ3n) is 5.26. The molecule has 0 amide bonds. The van der Waals surface area contributed by atoms with Crippen molar-refractivity contribution >= 4 is 21.8 Å². The van der Waals surface area contributed by atoms with Crippen molar-refractivity contribution in [1.29, 1.82) is 0 Å². The van der Waals surface area contributed by atoms with Crippen LogP contribution in [0, 0.1) is 0 Å². The number of rotatable bonds is 5. The van der Waals surface area contributed by atoms with Crippen LogP contribution < -0.4 is 11.1 Å². The highest BCUT2D eigenvalue weighted by Gasteiger charge is 2.18. The Kier molecular flexibility index (Phi) is 4.64. The maximum atomic E-state index is 13.1. The smallest absolute Gasteiger partial charge is 0.267 e. The molecule has 1 N–H and O–H groups in total. The van der Waals surface area contributed by atoms with Crippen molar-refractivity contribution in [3.05, 3.63) is 57.1 Å². The van der Waals surface area contributed by atoms with Gasteiger partial charge in [-0.3, -0.25) is 14.7 Å². The van der Waals surface area contributed by atoms with Crippen LogP contribution in [0.3, 0.4) is 0 Å². The van der Waals surface area contributed by atoms with Crippen molar-refractivity contribution in [3.63, 3.8) is 0 Å². The van der Waals surface area contributed by atoms with Crippen LogP contribution in [-0.4, -0.2) is 49.1 Å². The van der Waals surface area contributed by atoms with Crippen LogP contribution in [0.25, 0.3) is 27.8 Å². The Morgan fingerprint density at radius 3 is 2.73 bits per heavy atom. The molecule has 1 aliphatic heterocycles. The first-order valence-electron chi connectivity index (χ1n) is 9.72. The highest BCUT2D eigenvalue weighted by atomic mass is 16.5. The van der Waals surface area contributed by atoms with Gasteiger partial charge in [0.1, 0.15) is 6.61 Å². The van der Waals surface area contributed by atoms with E-state index < -0.39 is 0 Å². The molecule has 154 valence electrons. The molecular formula is C20H20N6O4. The number of nitrogens with zero attached hydrogens (tertiary/aromatic N) is 5. The molecule has 5 heterocycles. The molecule has 0 bridgehead atoms. The molecule has 10 heteroatoms. The van der Waals surface area contributed by atoms with Crippen LogP contribution in [0.15, 0.2) is 40.2 Å². The Balaban J connectivity index is 1.62. The number of methoxy groups -OCH3 is 1. The van der Waals surface area contributed by atoms with Gasteiger partial charge in [-0.15, -0.1) is 5.10 Å². The van der Waals surface area contributed by atoms with E-state index in [2.05, 4.69) is 20.2 Å². The van der Waals surface area contributed by atoms with Gasteiger partial charge in [0.2, 0.25) is 0 Å². The van der Waals surface area contributed by atoms with Gasteiger partial charge < -0.3 is 14.0 Å². The quantitative estimate of drug-likeness (QED) is 0.492. The van der Waals surface area contributed by atoms with Crippen LogP contribution in [0.2, 0.25) is 0 Å². The summed E-state index contributed by atoms with van der Waals surface area (Å²) >= 11 is 0. The normalized spacial score (nSPS) is 16.6. The number of aromatic nitrogens is 6. The Bertz CT molecular complexity index is 1350. The first-order chi connectivity index (χ1) is 14.6. The largest absolute Gasteiger partial charge is 0.377 e. The van der Waals surface area contributed by atoms with Gasteiger partial charge in [0.05, 0.1) is 34.5 Å². The van der Waals surface area contributed by atoms with Crippen molar-refractivity contribution in [2.45, 2.75) is 32.1 Å². The molecule has 0 unspecified atom stereocenters. The summed E-state index contributed by atoms with van der Waals surface area (Å²) < 4.78 is 13.6. The third-order valence-corrected chi connectivity index (χ3v) is 5.26. The first-order valence-corrected chi connectivity index (χ1v) is 9.72. The summed E-state index contributed by atoms with van der Waals surface area (Å²) in [5.41, 5.74) is 0.521. The Hall–Kier alpha value is -3.37. The van der Waals surface area contributed by atoms with Gasteiger partial charge in [-0.1, -0.05) is 0 Å². The van der Waals surface area contributed by atoms with Gasteiger partial charge in [0.15, 0.2) is 5.82 Å². The van der Waals surface area contributed by atoms with E-state index in [4.69, 9.17) is 9.47 Å². The van der Waals surface area contributed by atoms with Crippen molar-refractivity contribution in [1.82, 2.24) is 29.3 Å². The molecule has 1 aliphatic rings. The first kappa shape index (κ1) is 18.6. The van der Waals surface area contributed by atoms with Crippen LogP contribution >= 0.6 is 0 Å². The SMILES string of the molecule is COCc1nc(-n2ccc3nc4ccn(C[C@@H]5CCCO5)c(=O)c4cc3c2=O)n[nH]1. The summed E-state index contributed by atoms with van der Waals surface area (Å²) in [6.45, 7) is 1.48. The van der Waals surface area contributed by atoms with Crippen LogP contribution in [0.5, 0.6) is 0 Å². The monoisotopic (exact) mass is 408 g/mol. The molecule has 0 aromatic carbocycles. The molecular weight excluding hydrogens is 388 g/mol. The van der Waals surface area contributed by atoms with E-state index in [1.54, 1.807) is 42.3 Å². The Labute approximate surface area is 170 Å². The lowest BCUT2D eigenvalue weighted by atomic mass is 10.2. The second-order valence-corrected chi connectivity index (χ2v) is 7.27. The standard InChI is InChI=1S/C20H20N6O4/c1-29-11-17-22-20(24-23-17)26-7-5-16-14(19(26)28)9-13-15(21-16)4-6-25(18(13)27)10-12-3-2-8-30-12/h4-7,9,12H,2-3,8,10-11H2,1H3,(H,22,23,24)/t12-/m0/s1. The van der Waals surface area contributed by atoms with E-state index in [1.807, 2.05) is 0 Å². The van der Waals surface area contributed by atoms with E-state index >= 15 is 0 Å². The average Bonchev–Trinajstić information content (AvgIpc) is 3.42. The maximum Gasteiger partial charge on any atom is 0.267 e. The molecule has 5 rings (SSSR count). The van der Waals surface area contributed by atoms with E-state index in [0.29, 0.717) is 34.2 Å². The lowest BCUT2D eigenvalue weighted by Gasteiger charge is -2.12. The molecule has 0 radical (unpaired) electrons. The number of fused-ring (bicyclic) bond motifs is 2. The van der Waals surface area contributed by atoms with Gasteiger partial charge in [-0.25, -0.2) is 9.55 Å². The zero-order valence-electron chi connectivity index (χ0n) is 16.4. The van der Waals surface area contributed by atoms with Crippen molar-refractivity contribution < 1.29 is 9.47 Å². The molecule has 1 atom stereocenters.